The van der Waals surface area contributed by atoms with Gasteiger partial charge >= 0.3 is 0 Å². The van der Waals surface area contributed by atoms with Crippen LogP contribution in [0.4, 0.5) is 5.69 Å². The van der Waals surface area contributed by atoms with E-state index in [1.165, 1.54) is 6.92 Å². The lowest BCUT2D eigenvalue weighted by Crippen LogP contribution is -2.14. The van der Waals surface area contributed by atoms with Crippen molar-refractivity contribution in [1.82, 2.24) is 20.6 Å². The van der Waals surface area contributed by atoms with Crippen LogP contribution in [0, 0.1) is 6.92 Å². The molecule has 0 saturated heterocycles. The Morgan fingerprint density at radius 1 is 1.18 bits per heavy atom. The number of hydrogen-bond donors (Lipinski definition) is 3. The number of ether oxygens (including phenoxy) is 2. The van der Waals surface area contributed by atoms with Gasteiger partial charge in [-0.25, -0.2) is 0 Å². The number of aromatic nitrogens is 4. The molecule has 0 fully saturated rings. The quantitative estimate of drug-likeness (QED) is 0.246. The number of rotatable bonds is 11. The summed E-state index contributed by atoms with van der Waals surface area (Å²) >= 11 is 3.44. The number of phenolic OH excluding ortho intramolecular Hbond substituents is 1. The van der Waals surface area contributed by atoms with Crippen LogP contribution < -0.4 is 14.8 Å². The number of aromatic hydroxyl groups is 1. The maximum absolute atomic E-state index is 12.2. The largest absolute Gasteiger partial charge is 0.507 e. The molecule has 0 aliphatic rings. The van der Waals surface area contributed by atoms with E-state index in [0.717, 1.165) is 12.0 Å². The number of amides is 1. The molecule has 0 saturated carbocycles. The van der Waals surface area contributed by atoms with Crippen LogP contribution in [0.25, 0.3) is 0 Å². The van der Waals surface area contributed by atoms with Gasteiger partial charge in [0.25, 0.3) is 11.7 Å². The fraction of sp³-hybridized carbons (Fsp3) is 0.348. The van der Waals surface area contributed by atoms with Crippen molar-refractivity contribution in [2.45, 2.75) is 40.0 Å². The molecule has 0 atom stereocenters. The highest BCUT2D eigenvalue weighted by Gasteiger charge is 2.17. The van der Waals surface area contributed by atoms with Crippen LogP contribution in [0.2, 0.25) is 0 Å². The average molecular weight is 532 g/mol. The summed E-state index contributed by atoms with van der Waals surface area (Å²) in [6.45, 7) is 6.07. The molecule has 0 spiro atoms. The standard InChI is InChI=1S/C23H26BrN5O5/c1-4-6-16-19(8-7-15(14(3)30)21(16)31)33-9-5-10-34-20-12-18(17(24)11-13(20)2)25-23(32)22-26-28-29-27-22/h7-8,11-12,31H,4-6,9-10H2,1-3H3,(H,25,32)(H,26,27,28,29). The third kappa shape index (κ3) is 6.10. The lowest BCUT2D eigenvalue weighted by Gasteiger charge is -2.15. The number of nitrogens with zero attached hydrogens (tertiary/aromatic N) is 3. The molecule has 0 aliphatic carbocycles. The number of tetrazole rings is 1. The van der Waals surface area contributed by atoms with Crippen molar-refractivity contribution in [1.29, 1.82) is 0 Å². The van der Waals surface area contributed by atoms with Gasteiger partial charge in [0.1, 0.15) is 17.2 Å². The van der Waals surface area contributed by atoms with Crippen molar-refractivity contribution in [2.75, 3.05) is 18.5 Å². The van der Waals surface area contributed by atoms with E-state index in [-0.39, 0.29) is 17.4 Å². The Morgan fingerprint density at radius 2 is 1.91 bits per heavy atom. The predicted molar refractivity (Wildman–Crippen MR) is 129 cm³/mol. The minimum atomic E-state index is -0.500. The number of benzene rings is 2. The molecule has 3 rings (SSSR count). The van der Waals surface area contributed by atoms with Crippen molar-refractivity contribution >= 4 is 33.3 Å². The number of nitrogens with one attached hydrogen (secondary N) is 2. The number of hydrogen-bond acceptors (Lipinski definition) is 8. The molecule has 0 radical (unpaired) electrons. The van der Waals surface area contributed by atoms with Gasteiger partial charge in [0.2, 0.25) is 0 Å². The molecule has 11 heteroatoms. The van der Waals surface area contributed by atoms with Crippen molar-refractivity contribution in [3.8, 4) is 17.2 Å². The number of aryl methyl sites for hydroxylation is 1. The van der Waals surface area contributed by atoms with E-state index < -0.39 is 5.91 Å². The molecule has 2 aromatic carbocycles. The Bertz CT molecular complexity index is 1170. The molecule has 3 aromatic rings. The maximum atomic E-state index is 12.2. The van der Waals surface area contributed by atoms with Gasteiger partial charge in [-0.1, -0.05) is 13.3 Å². The monoisotopic (exact) mass is 531 g/mol. The van der Waals surface area contributed by atoms with Crippen LogP contribution in [-0.2, 0) is 6.42 Å². The summed E-state index contributed by atoms with van der Waals surface area (Å²) in [5.41, 5.74) is 2.34. The summed E-state index contributed by atoms with van der Waals surface area (Å²) in [5.74, 6) is 0.408. The SMILES string of the molecule is CCCc1c(OCCCOc2cc(NC(=O)c3nn[nH]n3)c(Br)cc2C)ccc(C(C)=O)c1O. The fourth-order valence-corrected chi connectivity index (χ4v) is 3.85. The Labute approximate surface area is 205 Å². The van der Waals surface area contributed by atoms with Crippen LogP contribution in [0.1, 0.15) is 58.8 Å². The van der Waals surface area contributed by atoms with Crippen molar-refractivity contribution in [3.05, 3.63) is 51.3 Å². The summed E-state index contributed by atoms with van der Waals surface area (Å²) in [5, 5.41) is 26.1. The first-order valence-corrected chi connectivity index (χ1v) is 11.6. The minimum absolute atomic E-state index is 0.0102. The molecule has 0 aliphatic heterocycles. The van der Waals surface area contributed by atoms with E-state index in [2.05, 4.69) is 41.9 Å². The summed E-state index contributed by atoms with van der Waals surface area (Å²) in [7, 11) is 0. The first-order valence-electron chi connectivity index (χ1n) is 10.8. The van der Waals surface area contributed by atoms with Gasteiger partial charge in [0.15, 0.2) is 5.78 Å². The van der Waals surface area contributed by atoms with Crippen molar-refractivity contribution in [2.24, 2.45) is 0 Å². The number of halogens is 1. The smallest absolute Gasteiger partial charge is 0.297 e. The number of ketones is 1. The van der Waals surface area contributed by atoms with E-state index in [1.54, 1.807) is 18.2 Å². The van der Waals surface area contributed by atoms with E-state index >= 15 is 0 Å². The van der Waals surface area contributed by atoms with Crippen molar-refractivity contribution < 1.29 is 24.2 Å². The summed E-state index contributed by atoms with van der Waals surface area (Å²) < 4.78 is 12.5. The second-order valence-electron chi connectivity index (χ2n) is 7.58. The third-order valence-electron chi connectivity index (χ3n) is 4.98. The van der Waals surface area contributed by atoms with Crippen LogP contribution in [0.3, 0.4) is 0 Å². The maximum Gasteiger partial charge on any atom is 0.297 e. The van der Waals surface area contributed by atoms with Gasteiger partial charge in [-0.15, -0.1) is 10.2 Å². The number of phenols is 1. The zero-order valence-electron chi connectivity index (χ0n) is 19.1. The number of anilines is 1. The molecule has 1 aromatic heterocycles. The zero-order valence-corrected chi connectivity index (χ0v) is 20.7. The van der Waals surface area contributed by atoms with Crippen LogP contribution in [0.5, 0.6) is 17.2 Å². The van der Waals surface area contributed by atoms with Crippen LogP contribution >= 0.6 is 15.9 Å². The van der Waals surface area contributed by atoms with E-state index in [0.29, 0.717) is 58.8 Å². The first-order chi connectivity index (χ1) is 16.3. The zero-order chi connectivity index (χ0) is 24.7. The average Bonchev–Trinajstić information content (AvgIpc) is 3.33. The van der Waals surface area contributed by atoms with Gasteiger partial charge in [-0.05, 0) is 65.2 Å². The van der Waals surface area contributed by atoms with E-state index in [9.17, 15) is 14.7 Å². The summed E-state index contributed by atoms with van der Waals surface area (Å²) in [6.07, 6.45) is 2.00. The van der Waals surface area contributed by atoms with E-state index in [4.69, 9.17) is 9.47 Å². The molecule has 34 heavy (non-hydrogen) atoms. The van der Waals surface area contributed by atoms with Crippen molar-refractivity contribution in [3.63, 3.8) is 0 Å². The van der Waals surface area contributed by atoms with Gasteiger partial charge in [-0.2, -0.15) is 5.21 Å². The van der Waals surface area contributed by atoms with Crippen LogP contribution in [0.15, 0.2) is 28.7 Å². The molecule has 1 heterocycles. The summed E-state index contributed by atoms with van der Waals surface area (Å²) in [6, 6.07) is 6.86. The molecular formula is C23H26BrN5O5. The second kappa shape index (κ2) is 11.6. The Hall–Kier alpha value is -3.47. The fourth-order valence-electron chi connectivity index (χ4n) is 3.29. The molecule has 3 N–H and O–H groups in total. The highest BCUT2D eigenvalue weighted by Crippen LogP contribution is 2.33. The molecule has 180 valence electrons. The number of H-pyrrole nitrogens is 1. The van der Waals surface area contributed by atoms with Crippen LogP contribution in [-0.4, -0.2) is 50.6 Å². The van der Waals surface area contributed by atoms with Gasteiger partial charge in [0.05, 0.1) is 24.5 Å². The normalized spacial score (nSPS) is 10.7. The second-order valence-corrected chi connectivity index (χ2v) is 8.44. The third-order valence-corrected chi connectivity index (χ3v) is 5.64. The van der Waals surface area contributed by atoms with Gasteiger partial charge < -0.3 is 19.9 Å². The minimum Gasteiger partial charge on any atom is -0.507 e. The lowest BCUT2D eigenvalue weighted by atomic mass is 10.0. The molecule has 10 nitrogen and oxygen atoms in total. The number of Topliss-reactive ketones (excluding diaryl/α,β-unsaturated/α-hetero) is 1. The lowest BCUT2D eigenvalue weighted by molar-refractivity contribution is 0.100. The molecule has 1 amide bonds. The molecule has 0 bridgehead atoms. The first kappa shape index (κ1) is 25.2. The summed E-state index contributed by atoms with van der Waals surface area (Å²) in [4.78, 5) is 23.9. The Balaban J connectivity index is 1.58. The molecular weight excluding hydrogens is 506 g/mol. The van der Waals surface area contributed by atoms with Gasteiger partial charge in [-0.3, -0.25) is 9.59 Å². The Morgan fingerprint density at radius 3 is 2.56 bits per heavy atom. The predicted octanol–water partition coefficient (Wildman–Crippen LogP) is 4.23. The number of carbonyl (C=O) groups excluding carboxylic acids is 2. The number of aromatic amines is 1. The molecule has 0 unspecified atom stereocenters. The number of carbonyl (C=O) groups is 2. The van der Waals surface area contributed by atoms with E-state index in [1.807, 2.05) is 19.9 Å². The van der Waals surface area contributed by atoms with Gasteiger partial charge in [0, 0.05) is 22.5 Å². The topological polar surface area (TPSA) is 139 Å². The highest BCUT2D eigenvalue weighted by molar-refractivity contribution is 9.10. The Kier molecular flexibility index (Phi) is 8.58. The highest BCUT2D eigenvalue weighted by atomic mass is 79.9.